The summed E-state index contributed by atoms with van der Waals surface area (Å²) in [5, 5.41) is 69.2. The van der Waals surface area contributed by atoms with Crippen LogP contribution in [0.15, 0.2) is 36.7 Å². The normalized spacial score (nSPS) is 35.8. The van der Waals surface area contributed by atoms with Crippen molar-refractivity contribution in [1.82, 2.24) is 4.98 Å². The fourth-order valence-electron chi connectivity index (χ4n) is 15.2. The lowest BCUT2D eigenvalue weighted by Gasteiger charge is -2.53. The molecule has 0 amide bonds. The summed E-state index contributed by atoms with van der Waals surface area (Å²) < 4.78 is 19.7. The smallest absolute Gasteiger partial charge is 0.201 e. The van der Waals surface area contributed by atoms with E-state index in [4.69, 9.17) is 14.2 Å². The molecule has 1 saturated heterocycles. The highest BCUT2D eigenvalue weighted by atomic mass is 16.5. The lowest BCUT2D eigenvalue weighted by Crippen LogP contribution is -2.47. The van der Waals surface area contributed by atoms with Crippen LogP contribution in [0.1, 0.15) is 180 Å². The van der Waals surface area contributed by atoms with Gasteiger partial charge < -0.3 is 49.8 Å². The number of phenolic OH excluding ortho intramolecular Hbond substituents is 1. The lowest BCUT2D eigenvalue weighted by molar-refractivity contribution is -0.154. The molecule has 6 fully saturated rings. The van der Waals surface area contributed by atoms with Crippen molar-refractivity contribution in [2.75, 3.05) is 13.7 Å². The predicted molar refractivity (Wildman–Crippen MR) is 240 cm³/mol. The molecule has 344 valence electrons. The molecule has 7 N–H and O–H groups in total. The van der Waals surface area contributed by atoms with Crippen molar-refractivity contribution in [3.05, 3.63) is 70.0 Å². The molecule has 2 aromatic carbocycles. The van der Waals surface area contributed by atoms with Gasteiger partial charge in [-0.05, 0) is 159 Å². The Morgan fingerprint density at radius 3 is 2.38 bits per heavy atom. The van der Waals surface area contributed by atoms with Crippen LogP contribution in [0, 0.1) is 35.0 Å². The molecule has 3 aromatic rings. The van der Waals surface area contributed by atoms with Gasteiger partial charge in [-0.3, -0.25) is 0 Å². The standard InChI is InChI=1S/C53H73NO9/c1-61-51-40(22-32-14-20-54-29-32)47(41(30-55)49(58)50(51)59)46-26-43(57)37-10-8-35(25-45(37)63-46)34-9-11-44-38(23-34)39-24-36(33-6-2-3-7-33)28-52(16-4-5-17-52)48(39)42(56)13-19-53(60)18-12-31(27-53)15-21-62-44/h9,11,14,20,23,29,31,33,35-37,39,42-43,45-46,48,54-60H,2-8,10,12-13,15-19,21-22,24-28,30H2,1H3. The third-order valence-corrected chi connectivity index (χ3v) is 18.2. The van der Waals surface area contributed by atoms with Gasteiger partial charge >= 0.3 is 0 Å². The number of hydrogen-bond acceptors (Lipinski definition) is 9. The molecule has 10 heteroatoms. The van der Waals surface area contributed by atoms with Crippen molar-refractivity contribution in [3.8, 4) is 23.0 Å². The monoisotopic (exact) mass is 868 g/mol. The molecule has 7 aliphatic rings. The second kappa shape index (κ2) is 17.8. The molecule has 2 aliphatic heterocycles. The van der Waals surface area contributed by atoms with Crippen LogP contribution < -0.4 is 9.47 Å². The molecule has 1 spiro atoms. The highest BCUT2D eigenvalue weighted by Gasteiger charge is 2.55. The summed E-state index contributed by atoms with van der Waals surface area (Å²) in [6.07, 6.45) is 22.1. The maximum absolute atomic E-state index is 12.6. The van der Waals surface area contributed by atoms with Gasteiger partial charge in [-0.25, -0.2) is 0 Å². The molecule has 10 rings (SSSR count). The third-order valence-electron chi connectivity index (χ3n) is 18.2. The molecule has 63 heavy (non-hydrogen) atoms. The fourth-order valence-corrected chi connectivity index (χ4v) is 15.2. The van der Waals surface area contributed by atoms with Crippen LogP contribution in [0.5, 0.6) is 23.0 Å². The van der Waals surface area contributed by atoms with Crippen molar-refractivity contribution >= 4 is 0 Å². The van der Waals surface area contributed by atoms with Gasteiger partial charge in [-0.1, -0.05) is 50.7 Å². The number of ether oxygens (including phenoxy) is 3. The second-order valence-corrected chi connectivity index (χ2v) is 21.6. The molecule has 3 heterocycles. The zero-order chi connectivity index (χ0) is 43.5. The van der Waals surface area contributed by atoms with E-state index in [0.29, 0.717) is 61.7 Å². The van der Waals surface area contributed by atoms with Crippen LogP contribution in [0.25, 0.3) is 0 Å². The molecule has 5 saturated carbocycles. The highest BCUT2D eigenvalue weighted by Crippen LogP contribution is 2.63. The van der Waals surface area contributed by atoms with Crippen molar-refractivity contribution < 1.29 is 44.8 Å². The van der Waals surface area contributed by atoms with Crippen LogP contribution in [0.3, 0.4) is 0 Å². The second-order valence-electron chi connectivity index (χ2n) is 21.6. The number of methoxy groups -OCH3 is 1. The first-order valence-electron chi connectivity index (χ1n) is 24.9. The van der Waals surface area contributed by atoms with E-state index in [9.17, 15) is 30.6 Å². The SMILES string of the molecule is COc1c(O)c(O)c(CO)c(C2CC(O)C3CCC(c4ccc5c(c4)C4CC(C6CCCC6)CC6(CCCC6)C4C(O)CCC4(O)CCC(CCO5)C4)CC3O2)c1Cc1cc[nH]c1. The van der Waals surface area contributed by atoms with Crippen molar-refractivity contribution in [2.24, 2.45) is 35.0 Å². The molecule has 0 radical (unpaired) electrons. The van der Waals surface area contributed by atoms with Gasteiger partial charge in [0, 0.05) is 42.3 Å². The van der Waals surface area contributed by atoms with Gasteiger partial charge in [-0.2, -0.15) is 0 Å². The largest absolute Gasteiger partial charge is 0.504 e. The average Bonchev–Trinajstić information content (AvgIpc) is 4.14. The van der Waals surface area contributed by atoms with E-state index in [1.807, 2.05) is 18.5 Å². The summed E-state index contributed by atoms with van der Waals surface area (Å²) in [7, 11) is 1.46. The molecular formula is C53H73NO9. The van der Waals surface area contributed by atoms with Gasteiger partial charge in [0.2, 0.25) is 5.75 Å². The number of aliphatic hydroxyl groups is 4. The van der Waals surface area contributed by atoms with Crippen molar-refractivity contribution in [2.45, 2.75) is 183 Å². The number of hydrogen-bond donors (Lipinski definition) is 7. The maximum Gasteiger partial charge on any atom is 0.201 e. The van der Waals surface area contributed by atoms with E-state index >= 15 is 0 Å². The molecule has 11 atom stereocenters. The number of aromatic hydroxyl groups is 2. The number of benzene rings is 2. The van der Waals surface area contributed by atoms with E-state index in [0.717, 1.165) is 62.2 Å². The van der Waals surface area contributed by atoms with E-state index in [1.54, 1.807) is 0 Å². The molecule has 5 aliphatic carbocycles. The van der Waals surface area contributed by atoms with E-state index in [1.165, 1.54) is 76.0 Å². The van der Waals surface area contributed by atoms with E-state index < -0.39 is 42.0 Å². The number of rotatable bonds is 7. The first-order valence-corrected chi connectivity index (χ1v) is 24.9. The number of aliphatic hydroxyl groups excluding tert-OH is 3. The maximum atomic E-state index is 12.6. The zero-order valence-corrected chi connectivity index (χ0v) is 37.5. The lowest BCUT2D eigenvalue weighted by atomic mass is 9.52. The summed E-state index contributed by atoms with van der Waals surface area (Å²) in [5.74, 6) is 2.50. The number of aromatic amines is 1. The first kappa shape index (κ1) is 43.6. The Hall–Kier alpha value is -3.28. The minimum atomic E-state index is -0.690. The van der Waals surface area contributed by atoms with Crippen LogP contribution in [0.2, 0.25) is 0 Å². The minimum absolute atomic E-state index is 0.0511. The Morgan fingerprint density at radius 1 is 0.810 bits per heavy atom. The molecule has 1 aromatic heterocycles. The first-order chi connectivity index (χ1) is 30.6. The van der Waals surface area contributed by atoms with Crippen LogP contribution >= 0.6 is 0 Å². The topological polar surface area (TPSA) is 165 Å². The number of aromatic nitrogens is 1. The van der Waals surface area contributed by atoms with Crippen LogP contribution in [0.4, 0.5) is 0 Å². The molecule has 2 bridgehead atoms. The Kier molecular flexibility index (Phi) is 12.3. The van der Waals surface area contributed by atoms with Gasteiger partial charge in [-0.15, -0.1) is 0 Å². The third kappa shape index (κ3) is 8.21. The zero-order valence-electron chi connectivity index (χ0n) is 37.5. The average molecular weight is 868 g/mol. The highest BCUT2D eigenvalue weighted by molar-refractivity contribution is 5.64. The van der Waals surface area contributed by atoms with Crippen molar-refractivity contribution in [3.63, 3.8) is 0 Å². The number of H-pyrrole nitrogens is 1. The summed E-state index contributed by atoms with van der Waals surface area (Å²) in [4.78, 5) is 3.09. The van der Waals surface area contributed by atoms with E-state index in [2.05, 4.69) is 23.2 Å². The number of fused-ring (bicyclic) bond motifs is 7. The number of nitrogens with one attached hydrogen (secondary N) is 1. The van der Waals surface area contributed by atoms with Crippen LogP contribution in [-0.2, 0) is 17.8 Å². The van der Waals surface area contributed by atoms with Gasteiger partial charge in [0.15, 0.2) is 11.5 Å². The minimum Gasteiger partial charge on any atom is -0.504 e. The Morgan fingerprint density at radius 2 is 1.62 bits per heavy atom. The van der Waals surface area contributed by atoms with E-state index in [-0.39, 0.29) is 46.5 Å². The summed E-state index contributed by atoms with van der Waals surface area (Å²) in [6, 6.07) is 8.90. The van der Waals surface area contributed by atoms with Crippen LogP contribution in [-0.4, -0.2) is 73.3 Å². The van der Waals surface area contributed by atoms with Gasteiger partial charge in [0.25, 0.3) is 0 Å². The predicted octanol–water partition coefficient (Wildman–Crippen LogP) is 9.61. The summed E-state index contributed by atoms with van der Waals surface area (Å²) >= 11 is 0. The number of phenols is 2. The summed E-state index contributed by atoms with van der Waals surface area (Å²) in [6.45, 7) is 0.119. The van der Waals surface area contributed by atoms with Crippen molar-refractivity contribution in [1.29, 1.82) is 0 Å². The Bertz CT molecular complexity index is 2060. The summed E-state index contributed by atoms with van der Waals surface area (Å²) in [5.41, 5.74) is 4.27. The molecule has 11 unspecified atom stereocenters. The quantitative estimate of drug-likeness (QED) is 0.115. The van der Waals surface area contributed by atoms with Gasteiger partial charge in [0.05, 0.1) is 50.3 Å². The molecule has 10 nitrogen and oxygen atoms in total. The Labute approximate surface area is 373 Å². The Balaban J connectivity index is 0.998. The fraction of sp³-hybridized carbons (Fsp3) is 0.698. The molecular weight excluding hydrogens is 795 g/mol. The van der Waals surface area contributed by atoms with Gasteiger partial charge in [0.1, 0.15) is 5.75 Å².